The highest BCUT2D eigenvalue weighted by molar-refractivity contribution is 7.90. The molecule has 0 spiro atoms. The molecule has 2 atom stereocenters. The van der Waals surface area contributed by atoms with Crippen LogP contribution in [0.1, 0.15) is 23.7 Å². The quantitative estimate of drug-likeness (QED) is 0.900. The molecular formula is C14H17NO5S. The summed E-state index contributed by atoms with van der Waals surface area (Å²) in [7, 11) is -3.41. The lowest BCUT2D eigenvalue weighted by Crippen LogP contribution is -2.42. The minimum absolute atomic E-state index is 0.0486. The molecule has 0 radical (unpaired) electrons. The van der Waals surface area contributed by atoms with Crippen molar-refractivity contribution in [3.8, 4) is 0 Å². The molecule has 1 N–H and O–H groups in total. The zero-order valence-corrected chi connectivity index (χ0v) is 12.6. The average Bonchev–Trinajstić information content (AvgIpc) is 2.79. The molecule has 2 rings (SSSR count). The number of carbonyl (C=O) groups excluding carboxylic acids is 1. The number of nitrogens with zero attached hydrogens (tertiary/aromatic N) is 1. The monoisotopic (exact) mass is 311 g/mol. The van der Waals surface area contributed by atoms with E-state index in [1.807, 2.05) is 0 Å². The number of sulfone groups is 1. The van der Waals surface area contributed by atoms with Gasteiger partial charge in [-0.3, -0.25) is 4.79 Å². The average molecular weight is 311 g/mol. The van der Waals surface area contributed by atoms with E-state index in [2.05, 4.69) is 0 Å². The second-order valence-corrected chi connectivity index (χ2v) is 7.36. The Kier molecular flexibility index (Phi) is 4.04. The van der Waals surface area contributed by atoms with Crippen LogP contribution in [0.25, 0.3) is 0 Å². The number of amides is 1. The molecule has 1 aromatic rings. The number of carboxylic acids is 1. The molecule has 7 heteroatoms. The summed E-state index contributed by atoms with van der Waals surface area (Å²) in [6, 6.07) is 4.82. The van der Waals surface area contributed by atoms with Gasteiger partial charge in [-0.25, -0.2) is 13.2 Å². The molecule has 1 aromatic carbocycles. The molecule has 1 fully saturated rings. The molecule has 0 bridgehead atoms. The van der Waals surface area contributed by atoms with Crippen LogP contribution in [0.15, 0.2) is 29.2 Å². The van der Waals surface area contributed by atoms with Gasteiger partial charge < -0.3 is 10.0 Å². The van der Waals surface area contributed by atoms with Gasteiger partial charge in [-0.05, 0) is 30.5 Å². The second kappa shape index (κ2) is 5.48. The largest absolute Gasteiger partial charge is 0.480 e. The van der Waals surface area contributed by atoms with E-state index in [9.17, 15) is 23.1 Å². The fraction of sp³-hybridized carbons (Fsp3) is 0.429. The summed E-state index contributed by atoms with van der Waals surface area (Å²) in [5.41, 5.74) is 0.193. The topological polar surface area (TPSA) is 91.8 Å². The summed E-state index contributed by atoms with van der Waals surface area (Å²) in [5.74, 6) is -1.60. The molecule has 21 heavy (non-hydrogen) atoms. The van der Waals surface area contributed by atoms with E-state index in [0.29, 0.717) is 13.0 Å². The molecule has 1 saturated heterocycles. The Morgan fingerprint density at radius 1 is 1.33 bits per heavy atom. The van der Waals surface area contributed by atoms with Gasteiger partial charge in [0.05, 0.1) is 4.90 Å². The van der Waals surface area contributed by atoms with Crippen molar-refractivity contribution in [2.45, 2.75) is 24.3 Å². The summed E-state index contributed by atoms with van der Waals surface area (Å²) in [6.07, 6.45) is 1.68. The Bertz CT molecular complexity index is 682. The van der Waals surface area contributed by atoms with Gasteiger partial charge in [0.2, 0.25) is 0 Å². The maximum Gasteiger partial charge on any atom is 0.326 e. The van der Waals surface area contributed by atoms with Crippen LogP contribution in [0, 0.1) is 5.92 Å². The fourth-order valence-corrected chi connectivity index (χ4v) is 3.24. The Morgan fingerprint density at radius 3 is 2.57 bits per heavy atom. The summed E-state index contributed by atoms with van der Waals surface area (Å²) in [5, 5.41) is 9.24. The number of carbonyl (C=O) groups is 2. The van der Waals surface area contributed by atoms with Crippen molar-refractivity contribution < 1.29 is 23.1 Å². The van der Waals surface area contributed by atoms with Gasteiger partial charge in [-0.1, -0.05) is 13.0 Å². The molecule has 0 saturated carbocycles. The number of hydrogen-bond donors (Lipinski definition) is 1. The first-order valence-corrected chi connectivity index (χ1v) is 8.45. The lowest BCUT2D eigenvalue weighted by Gasteiger charge is -2.23. The van der Waals surface area contributed by atoms with Crippen molar-refractivity contribution in [3.63, 3.8) is 0 Å². The van der Waals surface area contributed by atoms with Gasteiger partial charge in [-0.2, -0.15) is 0 Å². The van der Waals surface area contributed by atoms with Crippen LogP contribution in [0.3, 0.4) is 0 Å². The van der Waals surface area contributed by atoms with Gasteiger partial charge in [-0.15, -0.1) is 0 Å². The van der Waals surface area contributed by atoms with E-state index in [0.717, 1.165) is 6.26 Å². The van der Waals surface area contributed by atoms with Crippen LogP contribution in [0.4, 0.5) is 0 Å². The maximum atomic E-state index is 12.5. The zero-order chi connectivity index (χ0) is 15.8. The Morgan fingerprint density at radius 2 is 2.00 bits per heavy atom. The van der Waals surface area contributed by atoms with Crippen molar-refractivity contribution in [2.75, 3.05) is 12.8 Å². The van der Waals surface area contributed by atoms with Gasteiger partial charge in [0, 0.05) is 18.4 Å². The summed E-state index contributed by atoms with van der Waals surface area (Å²) < 4.78 is 23.1. The number of hydrogen-bond acceptors (Lipinski definition) is 4. The molecule has 114 valence electrons. The molecule has 0 aromatic heterocycles. The standard InChI is InChI=1S/C14H17NO5S/c1-9-6-7-15(12(9)14(17)18)13(16)10-4-3-5-11(8-10)21(2,19)20/h3-5,8-9,12H,6-7H2,1-2H3,(H,17,18). The number of rotatable bonds is 3. The predicted molar refractivity (Wildman–Crippen MR) is 75.8 cm³/mol. The minimum Gasteiger partial charge on any atom is -0.480 e. The lowest BCUT2D eigenvalue weighted by molar-refractivity contribution is -0.142. The second-order valence-electron chi connectivity index (χ2n) is 5.35. The Labute approximate surface area is 123 Å². The SMILES string of the molecule is CC1CCN(C(=O)c2cccc(S(C)(=O)=O)c2)C1C(=O)O. The van der Waals surface area contributed by atoms with Crippen molar-refractivity contribution in [1.82, 2.24) is 4.90 Å². The van der Waals surface area contributed by atoms with E-state index >= 15 is 0 Å². The van der Waals surface area contributed by atoms with E-state index in [1.54, 1.807) is 6.92 Å². The molecule has 6 nitrogen and oxygen atoms in total. The highest BCUT2D eigenvalue weighted by Crippen LogP contribution is 2.26. The number of carboxylic acid groups (broad SMARTS) is 1. The van der Waals surface area contributed by atoms with Gasteiger partial charge in [0.1, 0.15) is 6.04 Å². The van der Waals surface area contributed by atoms with Crippen LogP contribution in [0.5, 0.6) is 0 Å². The van der Waals surface area contributed by atoms with E-state index in [-0.39, 0.29) is 16.4 Å². The number of likely N-dealkylation sites (tertiary alicyclic amines) is 1. The number of benzene rings is 1. The number of aliphatic carboxylic acids is 1. The van der Waals surface area contributed by atoms with Gasteiger partial charge in [0.25, 0.3) is 5.91 Å². The molecule has 1 amide bonds. The van der Waals surface area contributed by atoms with E-state index < -0.39 is 27.8 Å². The third-order valence-corrected chi connectivity index (χ3v) is 4.83. The lowest BCUT2D eigenvalue weighted by atomic mass is 10.0. The van der Waals surface area contributed by atoms with Crippen LogP contribution in [-0.2, 0) is 14.6 Å². The minimum atomic E-state index is -3.41. The molecule has 2 unspecified atom stereocenters. The first-order valence-electron chi connectivity index (χ1n) is 6.55. The third kappa shape index (κ3) is 3.07. The third-order valence-electron chi connectivity index (χ3n) is 3.72. The molecular weight excluding hydrogens is 294 g/mol. The molecule has 0 aliphatic carbocycles. The van der Waals surface area contributed by atoms with E-state index in [4.69, 9.17) is 0 Å². The predicted octanol–water partition coefficient (Wildman–Crippen LogP) is 1.03. The summed E-state index contributed by atoms with van der Waals surface area (Å²) in [6.45, 7) is 2.15. The highest BCUT2D eigenvalue weighted by atomic mass is 32.2. The first kappa shape index (κ1) is 15.5. The molecule has 1 heterocycles. The van der Waals surface area contributed by atoms with Crippen LogP contribution in [0.2, 0.25) is 0 Å². The Balaban J connectivity index is 2.35. The van der Waals surface area contributed by atoms with Crippen molar-refractivity contribution in [1.29, 1.82) is 0 Å². The summed E-state index contributed by atoms with van der Waals surface area (Å²) in [4.78, 5) is 25.1. The van der Waals surface area contributed by atoms with Crippen LogP contribution < -0.4 is 0 Å². The van der Waals surface area contributed by atoms with Crippen LogP contribution in [-0.4, -0.2) is 49.1 Å². The smallest absolute Gasteiger partial charge is 0.326 e. The molecule has 1 aliphatic heterocycles. The van der Waals surface area contributed by atoms with Crippen LogP contribution >= 0.6 is 0 Å². The Hall–Kier alpha value is -1.89. The molecule has 1 aliphatic rings. The fourth-order valence-electron chi connectivity index (χ4n) is 2.58. The van der Waals surface area contributed by atoms with E-state index in [1.165, 1.54) is 29.2 Å². The normalized spacial score (nSPS) is 22.3. The zero-order valence-electron chi connectivity index (χ0n) is 11.8. The maximum absolute atomic E-state index is 12.5. The van der Waals surface area contributed by atoms with Gasteiger partial charge in [0.15, 0.2) is 9.84 Å². The summed E-state index contributed by atoms with van der Waals surface area (Å²) >= 11 is 0. The van der Waals surface area contributed by atoms with Crippen molar-refractivity contribution in [2.24, 2.45) is 5.92 Å². The van der Waals surface area contributed by atoms with Crippen molar-refractivity contribution >= 4 is 21.7 Å². The first-order chi connectivity index (χ1) is 9.71. The highest BCUT2D eigenvalue weighted by Gasteiger charge is 2.39. The van der Waals surface area contributed by atoms with Gasteiger partial charge >= 0.3 is 5.97 Å². The van der Waals surface area contributed by atoms with Crippen molar-refractivity contribution in [3.05, 3.63) is 29.8 Å².